The topological polar surface area (TPSA) is 70.1 Å². The predicted octanol–water partition coefficient (Wildman–Crippen LogP) is 1.99. The van der Waals surface area contributed by atoms with Gasteiger partial charge in [0.1, 0.15) is 5.69 Å². The summed E-state index contributed by atoms with van der Waals surface area (Å²) in [4.78, 5) is 12.1. The number of nitrogens with zero attached hydrogens (tertiary/aromatic N) is 2. The van der Waals surface area contributed by atoms with Crippen LogP contribution >= 0.6 is 15.9 Å². The number of halogens is 1. The van der Waals surface area contributed by atoms with Crippen LogP contribution in [0.4, 0.5) is 0 Å². The molecular weight excluding hydrogens is 298 g/mol. The molecule has 0 fully saturated rings. The number of carbonyl (C=O) groups excluding carboxylic acids is 1. The summed E-state index contributed by atoms with van der Waals surface area (Å²) in [7, 11) is 1.63. The van der Waals surface area contributed by atoms with Gasteiger partial charge >= 0.3 is 0 Å². The van der Waals surface area contributed by atoms with E-state index in [0.29, 0.717) is 31.8 Å². The Labute approximate surface area is 116 Å². The first-order chi connectivity index (χ1) is 8.70. The Kier molecular flexibility index (Phi) is 7.15. The monoisotopic (exact) mass is 317 g/mol. The molecule has 0 radical (unpaired) electrons. The summed E-state index contributed by atoms with van der Waals surface area (Å²) < 4.78 is 7.45. The van der Waals surface area contributed by atoms with Crippen LogP contribution in [0, 0.1) is 0 Å². The van der Waals surface area contributed by atoms with Crippen molar-refractivity contribution in [2.45, 2.75) is 32.2 Å². The van der Waals surface area contributed by atoms with Gasteiger partial charge in [0, 0.05) is 13.5 Å². The van der Waals surface area contributed by atoms with Crippen LogP contribution in [-0.4, -0.2) is 35.8 Å². The molecule has 1 heterocycles. The van der Waals surface area contributed by atoms with E-state index in [1.165, 1.54) is 0 Å². The Morgan fingerprint density at radius 3 is 2.94 bits per heavy atom. The third-order valence-electron chi connectivity index (χ3n) is 2.67. The normalized spacial score (nSPS) is 10.8. The summed E-state index contributed by atoms with van der Waals surface area (Å²) in [5.41, 5.74) is 6.06. The second-order valence-electron chi connectivity index (χ2n) is 4.08. The maximum atomic E-state index is 12.1. The lowest BCUT2D eigenvalue weighted by atomic mass is 10.1. The van der Waals surface area contributed by atoms with Crippen LogP contribution in [0.2, 0.25) is 0 Å². The van der Waals surface area contributed by atoms with E-state index >= 15 is 0 Å². The molecule has 18 heavy (non-hydrogen) atoms. The van der Waals surface area contributed by atoms with E-state index in [2.05, 4.69) is 21.0 Å². The molecule has 1 rings (SSSR count). The molecule has 6 heteroatoms. The van der Waals surface area contributed by atoms with Gasteiger partial charge in [-0.3, -0.25) is 9.48 Å². The highest BCUT2D eigenvalue weighted by atomic mass is 79.9. The molecule has 5 nitrogen and oxygen atoms in total. The van der Waals surface area contributed by atoms with E-state index in [-0.39, 0.29) is 5.78 Å². The first-order valence-corrected chi connectivity index (χ1v) is 6.93. The molecule has 0 aliphatic heterocycles. The number of methoxy groups -OCH3 is 1. The van der Waals surface area contributed by atoms with Gasteiger partial charge in [0.15, 0.2) is 5.78 Å². The molecule has 0 saturated heterocycles. The molecule has 1 aromatic rings. The standard InChI is InChI=1S/C12H20BrN3O2/c1-18-8-7-16-12(10(13)9-15-16)11(17)5-3-2-4-6-14/h9H,2-8,14H2,1H3. The Morgan fingerprint density at radius 2 is 2.28 bits per heavy atom. The first kappa shape index (κ1) is 15.3. The van der Waals surface area contributed by atoms with Crippen molar-refractivity contribution in [3.8, 4) is 0 Å². The van der Waals surface area contributed by atoms with E-state index in [1.54, 1.807) is 18.0 Å². The van der Waals surface area contributed by atoms with E-state index in [4.69, 9.17) is 10.5 Å². The molecule has 0 saturated carbocycles. The number of nitrogens with two attached hydrogens (primary N) is 1. The zero-order valence-electron chi connectivity index (χ0n) is 10.7. The van der Waals surface area contributed by atoms with Gasteiger partial charge in [-0.2, -0.15) is 5.10 Å². The van der Waals surface area contributed by atoms with Gasteiger partial charge in [-0.1, -0.05) is 6.42 Å². The molecule has 0 aromatic carbocycles. The lowest BCUT2D eigenvalue weighted by Gasteiger charge is -2.06. The molecule has 0 spiro atoms. The summed E-state index contributed by atoms with van der Waals surface area (Å²) in [5, 5.41) is 4.17. The minimum absolute atomic E-state index is 0.118. The molecule has 0 amide bonds. The molecule has 0 aliphatic rings. The molecule has 0 aliphatic carbocycles. The fourth-order valence-electron chi connectivity index (χ4n) is 1.71. The predicted molar refractivity (Wildman–Crippen MR) is 73.7 cm³/mol. The van der Waals surface area contributed by atoms with Crippen LogP contribution in [-0.2, 0) is 11.3 Å². The number of ketones is 1. The summed E-state index contributed by atoms with van der Waals surface area (Å²) in [6, 6.07) is 0. The van der Waals surface area contributed by atoms with Gasteiger partial charge in [-0.15, -0.1) is 0 Å². The van der Waals surface area contributed by atoms with E-state index in [0.717, 1.165) is 23.7 Å². The quantitative estimate of drug-likeness (QED) is 0.558. The van der Waals surface area contributed by atoms with Crippen molar-refractivity contribution in [2.75, 3.05) is 20.3 Å². The van der Waals surface area contributed by atoms with Crippen molar-refractivity contribution in [2.24, 2.45) is 5.73 Å². The number of Topliss-reactive ketones (excluding diaryl/α,β-unsaturated/α-hetero) is 1. The van der Waals surface area contributed by atoms with Crippen molar-refractivity contribution < 1.29 is 9.53 Å². The van der Waals surface area contributed by atoms with Gasteiger partial charge in [-0.25, -0.2) is 0 Å². The van der Waals surface area contributed by atoms with Gasteiger partial charge in [0.2, 0.25) is 0 Å². The van der Waals surface area contributed by atoms with E-state index in [9.17, 15) is 4.79 Å². The maximum absolute atomic E-state index is 12.1. The zero-order valence-corrected chi connectivity index (χ0v) is 12.3. The average Bonchev–Trinajstić information content (AvgIpc) is 2.73. The Morgan fingerprint density at radius 1 is 1.50 bits per heavy atom. The average molecular weight is 318 g/mol. The molecule has 0 atom stereocenters. The maximum Gasteiger partial charge on any atom is 0.182 e. The SMILES string of the molecule is COCCn1ncc(Br)c1C(=O)CCCCCN. The smallest absolute Gasteiger partial charge is 0.182 e. The minimum Gasteiger partial charge on any atom is -0.383 e. The lowest BCUT2D eigenvalue weighted by Crippen LogP contribution is -2.14. The van der Waals surface area contributed by atoms with Crippen molar-refractivity contribution in [3.05, 3.63) is 16.4 Å². The number of aromatic nitrogens is 2. The van der Waals surface area contributed by atoms with Crippen LogP contribution in [0.5, 0.6) is 0 Å². The highest BCUT2D eigenvalue weighted by Crippen LogP contribution is 2.19. The van der Waals surface area contributed by atoms with Crippen molar-refractivity contribution in [1.82, 2.24) is 9.78 Å². The van der Waals surface area contributed by atoms with Crippen molar-refractivity contribution >= 4 is 21.7 Å². The van der Waals surface area contributed by atoms with E-state index < -0.39 is 0 Å². The molecule has 2 N–H and O–H groups in total. The number of unbranched alkanes of at least 4 members (excludes halogenated alkanes) is 2. The molecule has 102 valence electrons. The minimum atomic E-state index is 0.118. The molecular formula is C12H20BrN3O2. The number of rotatable bonds is 9. The fraction of sp³-hybridized carbons (Fsp3) is 0.667. The summed E-state index contributed by atoms with van der Waals surface area (Å²) >= 11 is 3.37. The molecule has 0 unspecified atom stereocenters. The van der Waals surface area contributed by atoms with Gasteiger partial charge < -0.3 is 10.5 Å². The van der Waals surface area contributed by atoms with Crippen LogP contribution in [0.25, 0.3) is 0 Å². The van der Waals surface area contributed by atoms with Crippen LogP contribution in [0.1, 0.15) is 36.2 Å². The third kappa shape index (κ3) is 4.51. The highest BCUT2D eigenvalue weighted by Gasteiger charge is 2.16. The summed E-state index contributed by atoms with van der Waals surface area (Å²) in [5.74, 6) is 0.118. The van der Waals surface area contributed by atoms with Gasteiger partial charge in [-0.05, 0) is 35.3 Å². The zero-order chi connectivity index (χ0) is 13.4. The number of ether oxygens (including phenoxy) is 1. The molecule has 1 aromatic heterocycles. The number of hydrogen-bond donors (Lipinski definition) is 1. The number of carbonyl (C=O) groups is 1. The van der Waals surface area contributed by atoms with Crippen LogP contribution in [0.15, 0.2) is 10.7 Å². The van der Waals surface area contributed by atoms with Crippen LogP contribution < -0.4 is 5.73 Å². The van der Waals surface area contributed by atoms with Gasteiger partial charge in [0.25, 0.3) is 0 Å². The highest BCUT2D eigenvalue weighted by molar-refractivity contribution is 9.10. The largest absolute Gasteiger partial charge is 0.383 e. The Hall–Kier alpha value is -0.720. The number of hydrogen-bond acceptors (Lipinski definition) is 4. The molecule has 0 bridgehead atoms. The van der Waals surface area contributed by atoms with E-state index in [1.807, 2.05) is 0 Å². The Balaban J connectivity index is 2.57. The first-order valence-electron chi connectivity index (χ1n) is 6.14. The second-order valence-corrected chi connectivity index (χ2v) is 4.93. The lowest BCUT2D eigenvalue weighted by molar-refractivity contribution is 0.0964. The Bertz CT molecular complexity index is 379. The summed E-state index contributed by atoms with van der Waals surface area (Å²) in [6.07, 6.45) is 5.03. The van der Waals surface area contributed by atoms with Crippen LogP contribution in [0.3, 0.4) is 0 Å². The fourth-order valence-corrected chi connectivity index (χ4v) is 2.23. The summed E-state index contributed by atoms with van der Waals surface area (Å²) in [6.45, 7) is 1.82. The third-order valence-corrected chi connectivity index (χ3v) is 3.25. The van der Waals surface area contributed by atoms with Crippen molar-refractivity contribution in [3.63, 3.8) is 0 Å². The second kappa shape index (κ2) is 8.39. The van der Waals surface area contributed by atoms with Gasteiger partial charge in [0.05, 0.1) is 23.8 Å². The van der Waals surface area contributed by atoms with Crippen molar-refractivity contribution in [1.29, 1.82) is 0 Å².